The van der Waals surface area contributed by atoms with Gasteiger partial charge >= 0.3 is 0 Å². The minimum Gasteiger partial charge on any atom is -0.497 e. The highest BCUT2D eigenvalue weighted by molar-refractivity contribution is 7.99. The highest BCUT2D eigenvalue weighted by Gasteiger charge is 2.12. The Hall–Kier alpha value is -2.88. The molecule has 10 heteroatoms. The van der Waals surface area contributed by atoms with Crippen LogP contribution in [0.1, 0.15) is 11.3 Å². The standard InChI is InChI=1S/C15H16N6O3S/c1-9-13(23)17-14-18-19-15(21(14)20-9)25-8-12(22)16-7-10-3-5-11(24-2)6-4-10/h3-6H,7-8H2,1-2H3,(H,16,22)(H,17,18,23). The summed E-state index contributed by atoms with van der Waals surface area (Å²) >= 11 is 1.19. The number of H-pyrrole nitrogens is 1. The third kappa shape index (κ3) is 3.97. The Labute approximate surface area is 146 Å². The average molecular weight is 360 g/mol. The minimum atomic E-state index is -0.311. The van der Waals surface area contributed by atoms with Gasteiger partial charge in [-0.15, -0.1) is 10.2 Å². The van der Waals surface area contributed by atoms with Crippen molar-refractivity contribution in [2.24, 2.45) is 0 Å². The molecule has 0 spiro atoms. The average Bonchev–Trinajstić information content (AvgIpc) is 3.00. The van der Waals surface area contributed by atoms with E-state index in [0.717, 1.165) is 11.3 Å². The number of amides is 1. The first-order chi connectivity index (χ1) is 12.1. The van der Waals surface area contributed by atoms with Crippen LogP contribution in [0.15, 0.2) is 34.2 Å². The maximum Gasteiger partial charge on any atom is 0.273 e. The van der Waals surface area contributed by atoms with Crippen molar-refractivity contribution in [3.8, 4) is 5.75 Å². The Morgan fingerprint density at radius 2 is 2.08 bits per heavy atom. The molecule has 2 aromatic heterocycles. The number of hydrogen-bond donors (Lipinski definition) is 2. The molecular weight excluding hydrogens is 344 g/mol. The van der Waals surface area contributed by atoms with E-state index in [1.807, 2.05) is 24.3 Å². The fraction of sp³-hybridized carbons (Fsp3) is 0.267. The summed E-state index contributed by atoms with van der Waals surface area (Å²) in [5.74, 6) is 1.04. The van der Waals surface area contributed by atoms with Crippen LogP contribution in [0.2, 0.25) is 0 Å². The van der Waals surface area contributed by atoms with Gasteiger partial charge in [0.25, 0.3) is 11.3 Å². The number of nitrogens with one attached hydrogen (secondary N) is 2. The number of rotatable bonds is 6. The number of fused-ring (bicyclic) bond motifs is 1. The van der Waals surface area contributed by atoms with Crippen LogP contribution in [0.3, 0.4) is 0 Å². The van der Waals surface area contributed by atoms with Crippen molar-refractivity contribution in [1.82, 2.24) is 30.1 Å². The number of aryl methyl sites for hydroxylation is 1. The second-order valence-corrected chi connectivity index (χ2v) is 6.11. The summed E-state index contributed by atoms with van der Waals surface area (Å²) in [7, 11) is 1.61. The first kappa shape index (κ1) is 17.0. The lowest BCUT2D eigenvalue weighted by Crippen LogP contribution is -2.24. The molecule has 130 valence electrons. The van der Waals surface area contributed by atoms with Crippen LogP contribution in [0, 0.1) is 6.92 Å². The normalized spacial score (nSPS) is 10.8. The summed E-state index contributed by atoms with van der Waals surface area (Å²) in [4.78, 5) is 26.1. The molecule has 0 aliphatic heterocycles. The Balaban J connectivity index is 1.57. The minimum absolute atomic E-state index is 0.140. The topological polar surface area (TPSA) is 114 Å². The summed E-state index contributed by atoms with van der Waals surface area (Å²) in [6.45, 7) is 2.02. The van der Waals surface area contributed by atoms with Gasteiger partial charge in [-0.05, 0) is 24.6 Å². The molecule has 2 N–H and O–H groups in total. The molecule has 0 saturated carbocycles. The molecule has 0 aliphatic carbocycles. The molecule has 0 aliphatic rings. The van der Waals surface area contributed by atoms with Crippen LogP contribution >= 0.6 is 11.8 Å². The summed E-state index contributed by atoms with van der Waals surface area (Å²) in [6, 6.07) is 7.46. The number of aromatic amines is 1. The lowest BCUT2D eigenvalue weighted by Gasteiger charge is -2.06. The lowest BCUT2D eigenvalue weighted by molar-refractivity contribution is -0.118. The van der Waals surface area contributed by atoms with Crippen LogP contribution in [0.5, 0.6) is 5.75 Å². The van der Waals surface area contributed by atoms with E-state index in [1.165, 1.54) is 16.3 Å². The van der Waals surface area contributed by atoms with E-state index in [-0.39, 0.29) is 23.0 Å². The van der Waals surface area contributed by atoms with E-state index in [1.54, 1.807) is 14.0 Å². The van der Waals surface area contributed by atoms with Gasteiger partial charge in [0.2, 0.25) is 11.1 Å². The smallest absolute Gasteiger partial charge is 0.273 e. The highest BCUT2D eigenvalue weighted by atomic mass is 32.2. The molecule has 3 rings (SSSR count). The van der Waals surface area contributed by atoms with Crippen LogP contribution in [0.25, 0.3) is 5.78 Å². The van der Waals surface area contributed by atoms with Gasteiger partial charge in [0.1, 0.15) is 11.4 Å². The van der Waals surface area contributed by atoms with Gasteiger partial charge < -0.3 is 10.1 Å². The molecule has 0 atom stereocenters. The second kappa shape index (κ2) is 7.34. The van der Waals surface area contributed by atoms with Gasteiger partial charge in [-0.1, -0.05) is 23.9 Å². The van der Waals surface area contributed by atoms with Crippen molar-refractivity contribution in [2.75, 3.05) is 12.9 Å². The summed E-state index contributed by atoms with van der Waals surface area (Å²) < 4.78 is 6.51. The van der Waals surface area contributed by atoms with Gasteiger partial charge in [-0.25, -0.2) is 0 Å². The predicted molar refractivity (Wildman–Crippen MR) is 91.7 cm³/mol. The van der Waals surface area contributed by atoms with Crippen molar-refractivity contribution < 1.29 is 9.53 Å². The van der Waals surface area contributed by atoms with Crippen molar-refractivity contribution in [1.29, 1.82) is 0 Å². The molecule has 1 aromatic carbocycles. The molecule has 0 radical (unpaired) electrons. The number of benzene rings is 1. The molecule has 0 unspecified atom stereocenters. The number of nitrogens with zero attached hydrogens (tertiary/aromatic N) is 4. The lowest BCUT2D eigenvalue weighted by atomic mass is 10.2. The van der Waals surface area contributed by atoms with Gasteiger partial charge in [0.05, 0.1) is 12.9 Å². The SMILES string of the molecule is COc1ccc(CNC(=O)CSc2nnc3[nH]c(=O)c(C)nn23)cc1. The number of hydrogen-bond acceptors (Lipinski definition) is 7. The Morgan fingerprint density at radius 1 is 1.32 bits per heavy atom. The first-order valence-electron chi connectivity index (χ1n) is 7.41. The number of carbonyl (C=O) groups excluding carboxylic acids is 1. The second-order valence-electron chi connectivity index (χ2n) is 5.17. The van der Waals surface area contributed by atoms with E-state index in [0.29, 0.717) is 17.4 Å². The number of aromatic nitrogens is 5. The Morgan fingerprint density at radius 3 is 2.80 bits per heavy atom. The molecule has 0 saturated heterocycles. The van der Waals surface area contributed by atoms with Gasteiger partial charge in [-0.2, -0.15) is 9.61 Å². The number of ether oxygens (including phenoxy) is 1. The highest BCUT2D eigenvalue weighted by Crippen LogP contribution is 2.14. The number of methoxy groups -OCH3 is 1. The van der Waals surface area contributed by atoms with E-state index >= 15 is 0 Å². The summed E-state index contributed by atoms with van der Waals surface area (Å²) in [5, 5.41) is 15.2. The molecule has 1 amide bonds. The zero-order valence-corrected chi connectivity index (χ0v) is 14.5. The van der Waals surface area contributed by atoms with E-state index in [9.17, 15) is 9.59 Å². The predicted octanol–water partition coefficient (Wildman–Crippen LogP) is 0.538. The van der Waals surface area contributed by atoms with E-state index in [2.05, 4.69) is 25.6 Å². The molecule has 0 bridgehead atoms. The maximum absolute atomic E-state index is 12.0. The summed E-state index contributed by atoms with van der Waals surface area (Å²) in [6.07, 6.45) is 0. The van der Waals surface area contributed by atoms with Crippen LogP contribution < -0.4 is 15.6 Å². The zero-order valence-electron chi connectivity index (χ0n) is 13.6. The maximum atomic E-state index is 12.0. The van der Waals surface area contributed by atoms with Crippen molar-refractivity contribution in [2.45, 2.75) is 18.6 Å². The fourth-order valence-corrected chi connectivity index (χ4v) is 2.75. The third-order valence-electron chi connectivity index (χ3n) is 3.40. The molecule has 0 fully saturated rings. The largest absolute Gasteiger partial charge is 0.497 e. The van der Waals surface area contributed by atoms with Crippen molar-refractivity contribution in [3.63, 3.8) is 0 Å². The van der Waals surface area contributed by atoms with Gasteiger partial charge in [0, 0.05) is 6.54 Å². The van der Waals surface area contributed by atoms with Gasteiger partial charge in [-0.3, -0.25) is 14.6 Å². The molecular formula is C15H16N6O3S. The fourth-order valence-electron chi connectivity index (χ4n) is 2.04. The number of thioether (sulfide) groups is 1. The van der Waals surface area contributed by atoms with Crippen LogP contribution in [0.4, 0.5) is 0 Å². The quantitative estimate of drug-likeness (QED) is 0.617. The van der Waals surface area contributed by atoms with Crippen molar-refractivity contribution >= 4 is 23.4 Å². The Kier molecular flexibility index (Phi) is 4.98. The first-order valence-corrected chi connectivity index (χ1v) is 8.40. The third-order valence-corrected chi connectivity index (χ3v) is 4.32. The molecule has 25 heavy (non-hydrogen) atoms. The van der Waals surface area contributed by atoms with Crippen LogP contribution in [-0.2, 0) is 11.3 Å². The zero-order chi connectivity index (χ0) is 17.8. The van der Waals surface area contributed by atoms with E-state index in [4.69, 9.17) is 4.74 Å². The summed E-state index contributed by atoms with van der Waals surface area (Å²) in [5.41, 5.74) is 0.966. The van der Waals surface area contributed by atoms with E-state index < -0.39 is 0 Å². The van der Waals surface area contributed by atoms with Crippen LogP contribution in [-0.4, -0.2) is 43.6 Å². The van der Waals surface area contributed by atoms with Crippen molar-refractivity contribution in [3.05, 3.63) is 45.9 Å². The molecule has 2 heterocycles. The molecule has 3 aromatic rings. The molecule has 9 nitrogen and oxygen atoms in total. The van der Waals surface area contributed by atoms with Gasteiger partial charge in [0.15, 0.2) is 0 Å². The number of carbonyl (C=O) groups is 1. The Bertz CT molecular complexity index is 950. The monoisotopic (exact) mass is 360 g/mol.